The number of aliphatic carboxylic acids is 1. The molecule has 0 fully saturated rings. The van der Waals surface area contributed by atoms with Gasteiger partial charge in [-0.1, -0.05) is 44.2 Å². The van der Waals surface area contributed by atoms with Crippen molar-refractivity contribution < 1.29 is 33.1 Å². The van der Waals surface area contributed by atoms with E-state index in [0.717, 1.165) is 27.7 Å². The van der Waals surface area contributed by atoms with Gasteiger partial charge in [0.05, 0.1) is 0 Å². The monoisotopic (exact) mass is 709 g/mol. The van der Waals surface area contributed by atoms with Gasteiger partial charge in [0.25, 0.3) is 0 Å². The summed E-state index contributed by atoms with van der Waals surface area (Å²) in [6.07, 6.45) is 1.81. The van der Waals surface area contributed by atoms with Gasteiger partial charge in [0, 0.05) is 46.1 Å². The molecule has 0 aliphatic heterocycles. The van der Waals surface area contributed by atoms with Crippen LogP contribution in [0.5, 0.6) is 0 Å². The Labute approximate surface area is 293 Å². The maximum atomic E-state index is 13.5. The number of thioether (sulfide) groups is 2. The number of carbonyl (C=O) groups excluding carboxylic acids is 3. The molecule has 0 saturated heterocycles. The highest BCUT2D eigenvalue weighted by Crippen LogP contribution is 2.31. The van der Waals surface area contributed by atoms with Crippen LogP contribution in [-0.2, 0) is 31.4 Å². The Balaban J connectivity index is 1.46. The molecule has 0 spiro atoms. The second kappa shape index (κ2) is 16.9. The molecule has 262 valence electrons. The van der Waals surface area contributed by atoms with Crippen LogP contribution < -0.4 is 21.6 Å². The Bertz CT molecular complexity index is 1890. The first-order chi connectivity index (χ1) is 23.3. The largest absolute Gasteiger partial charge is 0.480 e. The zero-order valence-electron chi connectivity index (χ0n) is 28.5. The maximum Gasteiger partial charge on any atom is 0.339 e. The van der Waals surface area contributed by atoms with Gasteiger partial charge in [-0.3, -0.25) is 14.4 Å². The highest BCUT2D eigenvalue weighted by atomic mass is 32.2. The Morgan fingerprint density at radius 2 is 1.47 bits per heavy atom. The van der Waals surface area contributed by atoms with Crippen molar-refractivity contribution >= 4 is 69.2 Å². The summed E-state index contributed by atoms with van der Waals surface area (Å²) in [5.41, 5.74) is 3.60. The van der Waals surface area contributed by atoms with Crippen LogP contribution in [0.15, 0.2) is 56.1 Å². The van der Waals surface area contributed by atoms with Gasteiger partial charge in [-0.2, -0.15) is 23.5 Å². The molecule has 0 radical (unpaired) electrons. The maximum absolute atomic E-state index is 13.5. The van der Waals surface area contributed by atoms with Crippen molar-refractivity contribution in [1.82, 2.24) is 16.0 Å². The van der Waals surface area contributed by atoms with Crippen molar-refractivity contribution in [3.63, 3.8) is 0 Å². The van der Waals surface area contributed by atoms with Gasteiger partial charge < -0.3 is 29.9 Å². The summed E-state index contributed by atoms with van der Waals surface area (Å²) in [6, 6.07) is 10.1. The van der Waals surface area contributed by atoms with Crippen LogP contribution in [0.3, 0.4) is 0 Å². The summed E-state index contributed by atoms with van der Waals surface area (Å²) < 4.78 is 11.4. The van der Waals surface area contributed by atoms with E-state index >= 15 is 0 Å². The Kier molecular flexibility index (Phi) is 13.0. The molecule has 2 aromatic heterocycles. The summed E-state index contributed by atoms with van der Waals surface area (Å²) in [5.74, 6) is -1.44. The average Bonchev–Trinajstić information content (AvgIpc) is 3.33. The summed E-state index contributed by atoms with van der Waals surface area (Å²) in [7, 11) is 0. The number of nitrogens with one attached hydrogen (secondary N) is 3. The van der Waals surface area contributed by atoms with Crippen molar-refractivity contribution in [3.8, 4) is 0 Å². The van der Waals surface area contributed by atoms with Gasteiger partial charge in [-0.25, -0.2) is 9.59 Å². The lowest BCUT2D eigenvalue weighted by atomic mass is 10.0. The zero-order valence-corrected chi connectivity index (χ0v) is 30.1. The minimum atomic E-state index is -1.17. The summed E-state index contributed by atoms with van der Waals surface area (Å²) in [5, 5.41) is 19.3. The van der Waals surface area contributed by atoms with E-state index in [4.69, 9.17) is 8.83 Å². The van der Waals surface area contributed by atoms with E-state index in [-0.39, 0.29) is 30.3 Å². The SMILES string of the molecule is CSCC(NC(=O)CCc1c(C)c2cc3c(C)c(C)oc3cc2oc1=O)C(=O)NC(CSCc1ccccc1)C(=O)NC(C(=O)O)C(C)C. The Hall–Kier alpha value is -4.23. The lowest BCUT2D eigenvalue weighted by Gasteiger charge is -2.25. The topological polar surface area (TPSA) is 168 Å². The number of benzene rings is 2. The molecule has 11 nitrogen and oxygen atoms in total. The third-order valence-corrected chi connectivity index (χ3v) is 10.2. The molecule has 3 unspecified atom stereocenters. The van der Waals surface area contributed by atoms with Crippen LogP contribution in [0.4, 0.5) is 0 Å². The number of carbonyl (C=O) groups is 4. The first-order valence-electron chi connectivity index (χ1n) is 16.0. The van der Waals surface area contributed by atoms with Crippen molar-refractivity contribution in [2.45, 2.75) is 71.3 Å². The minimum Gasteiger partial charge on any atom is -0.480 e. The van der Waals surface area contributed by atoms with Gasteiger partial charge in [0.15, 0.2) is 0 Å². The number of carboxylic acid groups (broad SMARTS) is 1. The molecule has 2 aromatic carbocycles. The van der Waals surface area contributed by atoms with E-state index in [0.29, 0.717) is 28.0 Å². The molecule has 4 aromatic rings. The highest BCUT2D eigenvalue weighted by Gasteiger charge is 2.31. The number of amides is 3. The van der Waals surface area contributed by atoms with Crippen molar-refractivity contribution in [3.05, 3.63) is 80.9 Å². The van der Waals surface area contributed by atoms with Crippen LogP contribution >= 0.6 is 23.5 Å². The smallest absolute Gasteiger partial charge is 0.339 e. The zero-order chi connectivity index (χ0) is 35.8. The van der Waals surface area contributed by atoms with E-state index in [2.05, 4.69) is 16.0 Å². The fraction of sp³-hybridized carbons (Fsp3) is 0.417. The molecule has 4 N–H and O–H groups in total. The van der Waals surface area contributed by atoms with Crippen molar-refractivity contribution in [1.29, 1.82) is 0 Å². The molecule has 3 atom stereocenters. The van der Waals surface area contributed by atoms with E-state index < -0.39 is 47.4 Å². The highest BCUT2D eigenvalue weighted by molar-refractivity contribution is 7.98. The number of carboxylic acids is 1. The first kappa shape index (κ1) is 37.6. The average molecular weight is 710 g/mol. The van der Waals surface area contributed by atoms with E-state index in [1.165, 1.54) is 23.5 Å². The van der Waals surface area contributed by atoms with Gasteiger partial charge in [0.1, 0.15) is 35.1 Å². The minimum absolute atomic E-state index is 0.0765. The van der Waals surface area contributed by atoms with Crippen LogP contribution in [0.1, 0.15) is 48.3 Å². The predicted octanol–water partition coefficient (Wildman–Crippen LogP) is 4.89. The van der Waals surface area contributed by atoms with E-state index in [1.807, 2.05) is 57.2 Å². The normalized spacial score (nSPS) is 13.3. The van der Waals surface area contributed by atoms with Crippen LogP contribution in [-0.4, -0.2) is 64.7 Å². The fourth-order valence-corrected chi connectivity index (χ4v) is 7.04. The molecular weight excluding hydrogens is 667 g/mol. The van der Waals surface area contributed by atoms with Gasteiger partial charge >= 0.3 is 11.6 Å². The lowest BCUT2D eigenvalue weighted by Crippen LogP contribution is -2.57. The third-order valence-electron chi connectivity index (χ3n) is 8.43. The van der Waals surface area contributed by atoms with Gasteiger partial charge in [-0.15, -0.1) is 0 Å². The predicted molar refractivity (Wildman–Crippen MR) is 194 cm³/mol. The molecule has 0 saturated carbocycles. The van der Waals surface area contributed by atoms with E-state index in [9.17, 15) is 29.1 Å². The first-order valence-corrected chi connectivity index (χ1v) is 18.5. The summed E-state index contributed by atoms with van der Waals surface area (Å²) >= 11 is 2.76. The Morgan fingerprint density at radius 1 is 0.837 bits per heavy atom. The number of fused-ring (bicyclic) bond motifs is 2. The Morgan fingerprint density at radius 3 is 2.12 bits per heavy atom. The molecule has 49 heavy (non-hydrogen) atoms. The number of furan rings is 1. The molecule has 0 aliphatic rings. The number of aryl methyl sites for hydroxylation is 3. The summed E-state index contributed by atoms with van der Waals surface area (Å²) in [4.78, 5) is 64.7. The molecule has 2 heterocycles. The van der Waals surface area contributed by atoms with Crippen molar-refractivity contribution in [2.75, 3.05) is 17.8 Å². The number of rotatable bonds is 16. The van der Waals surface area contributed by atoms with Gasteiger partial charge in [0.2, 0.25) is 17.7 Å². The molecular formula is C36H43N3O8S2. The standard InChI is InChI=1S/C36H43N3O8S2/c1-19(2)32(35(43)44)39-34(42)28(18-49-16-23-10-8-7-9-11-23)38-33(41)27(17-48-6)37-31(40)13-12-24-21(4)26-14-25-20(3)22(5)46-29(25)15-30(26)47-36(24)45/h7-11,14-15,19,27-28,32H,12-13,16-18H2,1-6H3,(H,37,40)(H,38,41)(H,39,42)(H,43,44). The summed E-state index contributed by atoms with van der Waals surface area (Å²) in [6.45, 7) is 9.03. The van der Waals surface area contributed by atoms with Crippen LogP contribution in [0, 0.1) is 26.7 Å². The lowest BCUT2D eigenvalue weighted by molar-refractivity contribution is -0.143. The number of hydrogen-bond acceptors (Lipinski definition) is 9. The molecule has 0 aliphatic carbocycles. The molecule has 3 amide bonds. The second-order valence-corrected chi connectivity index (χ2v) is 14.3. The quantitative estimate of drug-likeness (QED) is 0.118. The molecule has 0 bridgehead atoms. The fourth-order valence-electron chi connectivity index (χ4n) is 5.46. The third kappa shape index (κ3) is 9.48. The second-order valence-electron chi connectivity index (χ2n) is 12.3. The van der Waals surface area contributed by atoms with Gasteiger partial charge in [-0.05, 0) is 62.1 Å². The number of hydrogen-bond donors (Lipinski definition) is 4. The van der Waals surface area contributed by atoms with Crippen molar-refractivity contribution in [2.24, 2.45) is 5.92 Å². The molecule has 13 heteroatoms. The van der Waals surface area contributed by atoms with E-state index in [1.54, 1.807) is 26.2 Å². The van der Waals surface area contributed by atoms with Crippen LogP contribution in [0.25, 0.3) is 21.9 Å². The molecule has 4 rings (SSSR count). The van der Waals surface area contributed by atoms with Crippen LogP contribution in [0.2, 0.25) is 0 Å².